The van der Waals surface area contributed by atoms with Crippen molar-refractivity contribution < 1.29 is 9.47 Å². The predicted octanol–water partition coefficient (Wildman–Crippen LogP) is 2.70. The second kappa shape index (κ2) is 4.09. The molecule has 0 fully saturated rings. The quantitative estimate of drug-likeness (QED) is 0.832. The maximum Gasteiger partial charge on any atom is 0.128 e. The zero-order valence-corrected chi connectivity index (χ0v) is 8.78. The zero-order valence-electron chi connectivity index (χ0n) is 8.78. The highest BCUT2D eigenvalue weighted by Crippen LogP contribution is 2.32. The van der Waals surface area contributed by atoms with Crippen LogP contribution in [0.4, 0.5) is 0 Å². The summed E-state index contributed by atoms with van der Waals surface area (Å²) in [5, 5.41) is 0. The minimum absolute atomic E-state index is 0.820. The molecule has 3 heteroatoms. The highest BCUT2D eigenvalue weighted by atomic mass is 16.5. The summed E-state index contributed by atoms with van der Waals surface area (Å²) in [7, 11) is 3.31. The van der Waals surface area contributed by atoms with Gasteiger partial charge in [0, 0.05) is 17.5 Å². The molecule has 1 aromatic heterocycles. The molecule has 0 spiro atoms. The molecule has 0 aliphatic heterocycles. The number of benzene rings is 1. The SMILES string of the molecule is COc1ccc(OC)c(-c2ccc[nH]2)c1. The molecule has 2 aromatic rings. The number of hydrogen-bond acceptors (Lipinski definition) is 2. The van der Waals surface area contributed by atoms with E-state index in [-0.39, 0.29) is 0 Å². The fraction of sp³-hybridized carbons (Fsp3) is 0.167. The smallest absolute Gasteiger partial charge is 0.128 e. The Morgan fingerprint density at radius 1 is 1.07 bits per heavy atom. The standard InChI is InChI=1S/C12H13NO2/c1-14-9-5-6-12(15-2)10(8-9)11-4-3-7-13-11/h3-8,13H,1-2H3. The van der Waals surface area contributed by atoms with Crippen LogP contribution in [0.1, 0.15) is 0 Å². The molecule has 0 aliphatic rings. The highest BCUT2D eigenvalue weighted by Gasteiger charge is 2.07. The molecule has 2 rings (SSSR count). The van der Waals surface area contributed by atoms with E-state index < -0.39 is 0 Å². The van der Waals surface area contributed by atoms with Gasteiger partial charge in [-0.15, -0.1) is 0 Å². The summed E-state index contributed by atoms with van der Waals surface area (Å²) >= 11 is 0. The van der Waals surface area contributed by atoms with Crippen molar-refractivity contribution in [2.45, 2.75) is 0 Å². The first-order chi connectivity index (χ1) is 7.35. The number of hydrogen-bond donors (Lipinski definition) is 1. The van der Waals surface area contributed by atoms with Crippen molar-refractivity contribution in [2.75, 3.05) is 14.2 Å². The van der Waals surface area contributed by atoms with Crippen molar-refractivity contribution in [1.82, 2.24) is 4.98 Å². The van der Waals surface area contributed by atoms with Gasteiger partial charge in [0.2, 0.25) is 0 Å². The van der Waals surface area contributed by atoms with Crippen molar-refractivity contribution in [2.24, 2.45) is 0 Å². The first-order valence-corrected chi connectivity index (χ1v) is 4.71. The Bertz CT molecular complexity index is 435. The molecule has 1 N–H and O–H groups in total. The Labute approximate surface area is 88.7 Å². The van der Waals surface area contributed by atoms with Gasteiger partial charge < -0.3 is 14.5 Å². The number of aromatic amines is 1. The van der Waals surface area contributed by atoms with Gasteiger partial charge in [0.05, 0.1) is 14.2 Å². The monoisotopic (exact) mass is 203 g/mol. The van der Waals surface area contributed by atoms with Crippen LogP contribution in [0.5, 0.6) is 11.5 Å². The van der Waals surface area contributed by atoms with Crippen molar-refractivity contribution in [3.05, 3.63) is 36.5 Å². The number of methoxy groups -OCH3 is 2. The predicted molar refractivity (Wildman–Crippen MR) is 59.3 cm³/mol. The van der Waals surface area contributed by atoms with Crippen molar-refractivity contribution in [3.8, 4) is 22.8 Å². The van der Waals surface area contributed by atoms with E-state index in [0.29, 0.717) is 0 Å². The highest BCUT2D eigenvalue weighted by molar-refractivity contribution is 5.69. The number of rotatable bonds is 3. The normalized spacial score (nSPS) is 10.0. The van der Waals surface area contributed by atoms with E-state index in [1.807, 2.05) is 36.5 Å². The third kappa shape index (κ3) is 1.81. The number of nitrogens with one attached hydrogen (secondary N) is 1. The Hall–Kier alpha value is -1.90. The minimum atomic E-state index is 0.820. The fourth-order valence-corrected chi connectivity index (χ4v) is 1.52. The molecule has 1 aromatic carbocycles. The van der Waals surface area contributed by atoms with Crippen molar-refractivity contribution in [3.63, 3.8) is 0 Å². The van der Waals surface area contributed by atoms with Gasteiger partial charge in [-0.1, -0.05) is 0 Å². The van der Waals surface area contributed by atoms with Crippen LogP contribution in [0.25, 0.3) is 11.3 Å². The number of aromatic nitrogens is 1. The average Bonchev–Trinajstić information content (AvgIpc) is 2.81. The van der Waals surface area contributed by atoms with Crippen LogP contribution in [0.15, 0.2) is 36.5 Å². The summed E-state index contributed by atoms with van der Waals surface area (Å²) in [5.74, 6) is 1.65. The summed E-state index contributed by atoms with van der Waals surface area (Å²) in [6, 6.07) is 9.68. The molecule has 3 nitrogen and oxygen atoms in total. The van der Waals surface area contributed by atoms with Crippen LogP contribution in [0.3, 0.4) is 0 Å². The van der Waals surface area contributed by atoms with Gasteiger partial charge in [-0.2, -0.15) is 0 Å². The largest absolute Gasteiger partial charge is 0.497 e. The topological polar surface area (TPSA) is 34.2 Å². The molecule has 1 heterocycles. The van der Waals surface area contributed by atoms with E-state index in [2.05, 4.69) is 4.98 Å². The summed E-state index contributed by atoms with van der Waals surface area (Å²) < 4.78 is 10.5. The van der Waals surface area contributed by atoms with Crippen molar-refractivity contribution >= 4 is 0 Å². The number of H-pyrrole nitrogens is 1. The van der Waals surface area contributed by atoms with Crippen molar-refractivity contribution in [1.29, 1.82) is 0 Å². The first kappa shape index (κ1) is 9.65. The lowest BCUT2D eigenvalue weighted by molar-refractivity contribution is 0.404. The Kier molecular flexibility index (Phi) is 2.63. The second-order valence-corrected chi connectivity index (χ2v) is 3.15. The lowest BCUT2D eigenvalue weighted by Gasteiger charge is -2.08. The van der Waals surface area contributed by atoms with Gasteiger partial charge in [-0.3, -0.25) is 0 Å². The van der Waals surface area contributed by atoms with Gasteiger partial charge in [-0.25, -0.2) is 0 Å². The molecule has 0 saturated carbocycles. The van der Waals surface area contributed by atoms with E-state index in [0.717, 1.165) is 22.8 Å². The molecule has 0 amide bonds. The van der Waals surface area contributed by atoms with Gasteiger partial charge in [0.1, 0.15) is 11.5 Å². The molecule has 0 saturated heterocycles. The number of ether oxygens (including phenoxy) is 2. The molecule has 0 bridgehead atoms. The lowest BCUT2D eigenvalue weighted by Crippen LogP contribution is -1.90. The molecular formula is C12H13NO2. The third-order valence-electron chi connectivity index (χ3n) is 2.29. The Morgan fingerprint density at radius 3 is 2.53 bits per heavy atom. The lowest BCUT2D eigenvalue weighted by atomic mass is 10.1. The Morgan fingerprint density at radius 2 is 1.93 bits per heavy atom. The molecule has 0 unspecified atom stereocenters. The van der Waals surface area contributed by atoms with Gasteiger partial charge >= 0.3 is 0 Å². The summed E-state index contributed by atoms with van der Waals surface area (Å²) in [6.07, 6.45) is 1.88. The van der Waals surface area contributed by atoms with Crippen LogP contribution in [0, 0.1) is 0 Å². The third-order valence-corrected chi connectivity index (χ3v) is 2.29. The van der Waals surface area contributed by atoms with Crippen LogP contribution >= 0.6 is 0 Å². The van der Waals surface area contributed by atoms with E-state index in [4.69, 9.17) is 9.47 Å². The maximum absolute atomic E-state index is 5.29. The maximum atomic E-state index is 5.29. The van der Waals surface area contributed by atoms with Gasteiger partial charge in [-0.05, 0) is 30.3 Å². The Balaban J connectivity index is 2.52. The summed E-state index contributed by atoms with van der Waals surface area (Å²) in [6.45, 7) is 0. The van der Waals surface area contributed by atoms with E-state index in [1.165, 1.54) is 0 Å². The molecule has 0 radical (unpaired) electrons. The van der Waals surface area contributed by atoms with E-state index >= 15 is 0 Å². The molecule has 0 atom stereocenters. The second-order valence-electron chi connectivity index (χ2n) is 3.15. The zero-order chi connectivity index (χ0) is 10.7. The molecule has 78 valence electrons. The molecule has 0 aliphatic carbocycles. The minimum Gasteiger partial charge on any atom is -0.497 e. The van der Waals surface area contributed by atoms with Gasteiger partial charge in [0.25, 0.3) is 0 Å². The summed E-state index contributed by atoms with van der Waals surface area (Å²) in [4.78, 5) is 3.14. The van der Waals surface area contributed by atoms with Gasteiger partial charge in [0.15, 0.2) is 0 Å². The van der Waals surface area contributed by atoms with E-state index in [1.54, 1.807) is 14.2 Å². The molecular weight excluding hydrogens is 190 g/mol. The summed E-state index contributed by atoms with van der Waals surface area (Å²) in [5.41, 5.74) is 2.02. The first-order valence-electron chi connectivity index (χ1n) is 4.71. The van der Waals surface area contributed by atoms with E-state index in [9.17, 15) is 0 Å². The fourth-order valence-electron chi connectivity index (χ4n) is 1.52. The average molecular weight is 203 g/mol. The molecule has 15 heavy (non-hydrogen) atoms. The van der Waals surface area contributed by atoms with Crippen LogP contribution in [0.2, 0.25) is 0 Å². The van der Waals surface area contributed by atoms with Crippen LogP contribution < -0.4 is 9.47 Å². The van der Waals surface area contributed by atoms with Crippen LogP contribution in [-0.4, -0.2) is 19.2 Å². The van der Waals surface area contributed by atoms with Crippen LogP contribution in [-0.2, 0) is 0 Å².